The molecule has 1 aromatic heterocycles. The van der Waals surface area contributed by atoms with Crippen molar-refractivity contribution in [2.75, 3.05) is 0 Å². The minimum absolute atomic E-state index is 0.486. The molecule has 2 N–H and O–H groups in total. The highest BCUT2D eigenvalue weighted by Gasteiger charge is 2.36. The second kappa shape index (κ2) is 6.06. The summed E-state index contributed by atoms with van der Waals surface area (Å²) in [4.78, 5) is 0. The van der Waals surface area contributed by atoms with Crippen LogP contribution in [0, 0.1) is 0 Å². The topological polar surface area (TPSA) is 58.3 Å². The Morgan fingerprint density at radius 3 is 2.47 bits per heavy atom. The molecule has 0 saturated heterocycles. The fourth-order valence-electron chi connectivity index (χ4n) is 3.00. The number of aryl methyl sites for hydroxylation is 2. The van der Waals surface area contributed by atoms with Crippen molar-refractivity contribution >= 4 is 0 Å². The van der Waals surface area contributed by atoms with E-state index in [0.717, 1.165) is 30.7 Å². The highest BCUT2D eigenvalue weighted by atomic mass is 16.3. The van der Waals surface area contributed by atoms with Gasteiger partial charge in [-0.15, -0.1) is 0 Å². The highest BCUT2D eigenvalue weighted by Crippen LogP contribution is 2.31. The van der Waals surface area contributed by atoms with Gasteiger partial charge in [-0.25, -0.2) is 0 Å². The molecule has 0 spiro atoms. The van der Waals surface area contributed by atoms with Crippen LogP contribution in [0.3, 0.4) is 0 Å². The molecule has 1 saturated carbocycles. The van der Waals surface area contributed by atoms with Crippen LogP contribution >= 0.6 is 0 Å². The number of rotatable bonds is 4. The van der Waals surface area contributed by atoms with Crippen LogP contribution in [0.5, 0.6) is 0 Å². The molecule has 1 aliphatic carbocycles. The molecule has 0 radical (unpaired) electrons. The van der Waals surface area contributed by atoms with Crippen LogP contribution in [0.2, 0.25) is 0 Å². The summed E-state index contributed by atoms with van der Waals surface area (Å²) in [5, 5.41) is 25.5. The third kappa shape index (κ3) is 3.37. The molecular formula is C15H26N2O2. The van der Waals surface area contributed by atoms with Crippen molar-refractivity contribution in [3.63, 3.8) is 0 Å². The van der Waals surface area contributed by atoms with E-state index in [4.69, 9.17) is 0 Å². The first kappa shape index (κ1) is 14.5. The summed E-state index contributed by atoms with van der Waals surface area (Å²) in [6, 6.07) is 2.03. The molecule has 0 amide bonds. The first-order chi connectivity index (χ1) is 9.05. The van der Waals surface area contributed by atoms with Gasteiger partial charge in [0, 0.05) is 19.2 Å². The van der Waals surface area contributed by atoms with Crippen molar-refractivity contribution in [1.29, 1.82) is 0 Å². The summed E-state index contributed by atoms with van der Waals surface area (Å²) in [6.07, 6.45) is 6.48. The number of aliphatic hydroxyl groups excluding tert-OH is 1. The molecule has 2 rings (SSSR count). The summed E-state index contributed by atoms with van der Waals surface area (Å²) in [7, 11) is 1.90. The monoisotopic (exact) mass is 266 g/mol. The maximum Gasteiger partial charge on any atom is 0.0909 e. The maximum atomic E-state index is 10.7. The van der Waals surface area contributed by atoms with E-state index in [1.54, 1.807) is 0 Å². The van der Waals surface area contributed by atoms with Gasteiger partial charge >= 0.3 is 0 Å². The second-order valence-corrected chi connectivity index (χ2v) is 5.84. The average molecular weight is 266 g/mol. The lowest BCUT2D eigenvalue weighted by Gasteiger charge is -2.32. The lowest BCUT2D eigenvalue weighted by molar-refractivity contribution is -0.0842. The Bertz CT molecular complexity index is 406. The van der Waals surface area contributed by atoms with Gasteiger partial charge in [0.25, 0.3) is 0 Å². The van der Waals surface area contributed by atoms with Crippen LogP contribution in [0.4, 0.5) is 0 Å². The van der Waals surface area contributed by atoms with Crippen LogP contribution in [0.25, 0.3) is 0 Å². The maximum absolute atomic E-state index is 10.7. The number of aliphatic hydroxyl groups is 2. The highest BCUT2D eigenvalue weighted by molar-refractivity contribution is 5.12. The quantitative estimate of drug-likeness (QED) is 0.819. The van der Waals surface area contributed by atoms with Crippen LogP contribution in [-0.2, 0) is 19.9 Å². The summed E-state index contributed by atoms with van der Waals surface area (Å²) in [6.45, 7) is 2.07. The lowest BCUT2D eigenvalue weighted by Crippen LogP contribution is -2.43. The van der Waals surface area contributed by atoms with Gasteiger partial charge in [-0.3, -0.25) is 4.68 Å². The summed E-state index contributed by atoms with van der Waals surface area (Å²) in [5.41, 5.74) is 1.13. The van der Waals surface area contributed by atoms with E-state index in [1.165, 1.54) is 12.8 Å². The smallest absolute Gasteiger partial charge is 0.0909 e. The molecule has 4 heteroatoms. The van der Waals surface area contributed by atoms with E-state index >= 15 is 0 Å². The number of hydrogen-bond donors (Lipinski definition) is 2. The third-order valence-electron chi connectivity index (χ3n) is 4.38. The van der Waals surface area contributed by atoms with Gasteiger partial charge in [0.15, 0.2) is 0 Å². The second-order valence-electron chi connectivity index (χ2n) is 5.84. The Labute approximate surface area is 115 Å². The van der Waals surface area contributed by atoms with Gasteiger partial charge in [-0.1, -0.05) is 32.6 Å². The van der Waals surface area contributed by atoms with E-state index in [1.807, 2.05) is 17.8 Å². The minimum atomic E-state index is -0.910. The molecule has 1 aromatic rings. The number of nitrogens with zero attached hydrogens (tertiary/aromatic N) is 2. The molecule has 1 aliphatic rings. The molecule has 108 valence electrons. The molecular weight excluding hydrogens is 240 g/mol. The van der Waals surface area contributed by atoms with E-state index in [0.29, 0.717) is 19.3 Å². The minimum Gasteiger partial charge on any atom is -0.390 e. The Hall–Kier alpha value is -0.870. The third-order valence-corrected chi connectivity index (χ3v) is 4.38. The first-order valence-corrected chi connectivity index (χ1v) is 7.47. The Balaban J connectivity index is 2.06. The Morgan fingerprint density at radius 1 is 1.32 bits per heavy atom. The molecule has 19 heavy (non-hydrogen) atoms. The van der Waals surface area contributed by atoms with Crippen molar-refractivity contribution in [3.8, 4) is 0 Å². The van der Waals surface area contributed by atoms with Crippen molar-refractivity contribution in [3.05, 3.63) is 17.5 Å². The fraction of sp³-hybridized carbons (Fsp3) is 0.800. The van der Waals surface area contributed by atoms with E-state index in [2.05, 4.69) is 12.0 Å². The predicted octanol–water partition coefficient (Wildman–Crippen LogP) is 1.97. The van der Waals surface area contributed by atoms with Crippen LogP contribution in [0.1, 0.15) is 56.8 Å². The van der Waals surface area contributed by atoms with E-state index < -0.39 is 11.7 Å². The van der Waals surface area contributed by atoms with Gasteiger partial charge in [0.2, 0.25) is 0 Å². The van der Waals surface area contributed by atoms with Crippen LogP contribution in [-0.4, -0.2) is 31.7 Å². The number of aromatic nitrogens is 2. The van der Waals surface area contributed by atoms with Gasteiger partial charge in [-0.2, -0.15) is 5.10 Å². The predicted molar refractivity (Wildman–Crippen MR) is 74.9 cm³/mol. The van der Waals surface area contributed by atoms with Crippen LogP contribution < -0.4 is 0 Å². The van der Waals surface area contributed by atoms with E-state index in [9.17, 15) is 10.2 Å². The average Bonchev–Trinajstić information content (AvgIpc) is 2.60. The van der Waals surface area contributed by atoms with E-state index in [-0.39, 0.29) is 0 Å². The zero-order valence-corrected chi connectivity index (χ0v) is 12.1. The standard InChI is InChI=1S/C15H26N2O2/c1-3-12-10-13(17(2)16-12)11-14(18)15(19)8-6-4-5-7-9-15/h10,14,18-19H,3-9,11H2,1-2H3. The molecule has 0 aromatic carbocycles. The summed E-state index contributed by atoms with van der Waals surface area (Å²) in [5.74, 6) is 0. The normalized spacial score (nSPS) is 21.1. The van der Waals surface area contributed by atoms with Gasteiger partial charge in [-0.05, 0) is 25.3 Å². The van der Waals surface area contributed by atoms with Gasteiger partial charge in [0.05, 0.1) is 17.4 Å². The molecule has 4 nitrogen and oxygen atoms in total. The van der Waals surface area contributed by atoms with Crippen LogP contribution in [0.15, 0.2) is 6.07 Å². The van der Waals surface area contributed by atoms with Gasteiger partial charge in [0.1, 0.15) is 0 Å². The number of hydrogen-bond acceptors (Lipinski definition) is 3. The van der Waals surface area contributed by atoms with Crippen molar-refractivity contribution < 1.29 is 10.2 Å². The van der Waals surface area contributed by atoms with Crippen molar-refractivity contribution in [1.82, 2.24) is 9.78 Å². The molecule has 1 unspecified atom stereocenters. The SMILES string of the molecule is CCc1cc(CC(O)C2(O)CCCCCC2)n(C)n1. The molecule has 1 fully saturated rings. The summed E-state index contributed by atoms with van der Waals surface area (Å²) >= 11 is 0. The van der Waals surface area contributed by atoms with Gasteiger partial charge < -0.3 is 10.2 Å². The molecule has 1 heterocycles. The summed E-state index contributed by atoms with van der Waals surface area (Å²) < 4.78 is 1.82. The van der Waals surface area contributed by atoms with Crippen molar-refractivity contribution in [2.45, 2.75) is 70.0 Å². The lowest BCUT2D eigenvalue weighted by atomic mass is 9.86. The zero-order chi connectivity index (χ0) is 13.9. The largest absolute Gasteiger partial charge is 0.390 e. The molecule has 0 bridgehead atoms. The molecule has 0 aliphatic heterocycles. The van der Waals surface area contributed by atoms with Crippen molar-refractivity contribution in [2.24, 2.45) is 7.05 Å². The fourth-order valence-corrected chi connectivity index (χ4v) is 3.00. The zero-order valence-electron chi connectivity index (χ0n) is 12.1. The Morgan fingerprint density at radius 2 is 1.95 bits per heavy atom. The first-order valence-electron chi connectivity index (χ1n) is 7.47. The molecule has 1 atom stereocenters. The Kier molecular flexibility index (Phi) is 4.63.